The number of anilines is 1. The third-order valence-corrected chi connectivity index (χ3v) is 3.39. The van der Waals surface area contributed by atoms with Crippen molar-refractivity contribution in [2.75, 3.05) is 25.0 Å². The fourth-order valence-electron chi connectivity index (χ4n) is 1.71. The summed E-state index contributed by atoms with van der Waals surface area (Å²) in [6, 6.07) is 4.70. The van der Waals surface area contributed by atoms with Crippen molar-refractivity contribution in [2.24, 2.45) is 0 Å². The zero-order chi connectivity index (χ0) is 15.0. The van der Waals surface area contributed by atoms with Gasteiger partial charge in [-0.3, -0.25) is 0 Å². The van der Waals surface area contributed by atoms with Gasteiger partial charge in [-0.25, -0.2) is 4.79 Å². The number of aliphatic hydroxyl groups is 1. The van der Waals surface area contributed by atoms with E-state index in [2.05, 4.69) is 12.2 Å². The number of nitrogens with one attached hydrogen (secondary N) is 1. The van der Waals surface area contributed by atoms with Crippen LogP contribution >= 0.6 is 23.2 Å². The highest BCUT2D eigenvalue weighted by Gasteiger charge is 2.14. The van der Waals surface area contributed by atoms with Crippen LogP contribution in [0.2, 0.25) is 10.0 Å². The van der Waals surface area contributed by atoms with Gasteiger partial charge in [0.15, 0.2) is 0 Å². The Kier molecular flexibility index (Phi) is 7.73. The molecule has 1 rings (SSSR count). The minimum absolute atomic E-state index is 0.0633. The van der Waals surface area contributed by atoms with Gasteiger partial charge in [0.1, 0.15) is 0 Å². The SMILES string of the molecule is CCCCN(CCCO)C(=O)Nc1cc(Cl)ccc1Cl. The summed E-state index contributed by atoms with van der Waals surface area (Å²) in [6.07, 6.45) is 2.48. The first-order valence-electron chi connectivity index (χ1n) is 6.70. The molecule has 0 unspecified atom stereocenters. The maximum absolute atomic E-state index is 12.2. The summed E-state index contributed by atoms with van der Waals surface area (Å²) < 4.78 is 0. The number of hydrogen-bond acceptors (Lipinski definition) is 2. The molecule has 0 atom stereocenters. The quantitative estimate of drug-likeness (QED) is 0.798. The molecular weight excluding hydrogens is 299 g/mol. The fraction of sp³-hybridized carbons (Fsp3) is 0.500. The molecule has 0 aliphatic rings. The first-order valence-corrected chi connectivity index (χ1v) is 7.46. The average molecular weight is 319 g/mol. The second-order valence-corrected chi connectivity index (χ2v) is 5.32. The van der Waals surface area contributed by atoms with E-state index in [4.69, 9.17) is 28.3 Å². The van der Waals surface area contributed by atoms with Crippen molar-refractivity contribution in [1.82, 2.24) is 4.90 Å². The maximum Gasteiger partial charge on any atom is 0.321 e. The van der Waals surface area contributed by atoms with Crippen LogP contribution in [0.25, 0.3) is 0 Å². The maximum atomic E-state index is 12.2. The molecule has 0 radical (unpaired) electrons. The molecule has 0 saturated carbocycles. The van der Waals surface area contributed by atoms with Gasteiger partial charge in [0.2, 0.25) is 0 Å². The number of halogens is 2. The minimum atomic E-state index is -0.226. The van der Waals surface area contributed by atoms with E-state index in [9.17, 15) is 4.79 Å². The summed E-state index contributed by atoms with van der Waals surface area (Å²) in [7, 11) is 0. The van der Waals surface area contributed by atoms with Crippen molar-refractivity contribution in [3.63, 3.8) is 0 Å². The molecule has 0 aromatic heterocycles. The number of carbonyl (C=O) groups is 1. The number of urea groups is 1. The molecule has 2 amide bonds. The lowest BCUT2D eigenvalue weighted by atomic mass is 10.3. The van der Waals surface area contributed by atoms with Gasteiger partial charge in [-0.1, -0.05) is 36.5 Å². The molecule has 1 aromatic carbocycles. The average Bonchev–Trinajstić information content (AvgIpc) is 2.43. The number of amides is 2. The van der Waals surface area contributed by atoms with Crippen LogP contribution in [-0.4, -0.2) is 35.7 Å². The van der Waals surface area contributed by atoms with E-state index >= 15 is 0 Å². The lowest BCUT2D eigenvalue weighted by molar-refractivity contribution is 0.201. The Hall–Kier alpha value is -0.970. The second-order valence-electron chi connectivity index (χ2n) is 4.47. The first kappa shape index (κ1) is 17.1. The summed E-state index contributed by atoms with van der Waals surface area (Å²) in [4.78, 5) is 13.9. The van der Waals surface area contributed by atoms with Gasteiger partial charge in [-0.05, 0) is 31.0 Å². The Bertz CT molecular complexity index is 433. The van der Waals surface area contributed by atoms with E-state index in [0.717, 1.165) is 12.8 Å². The normalized spacial score (nSPS) is 10.4. The van der Waals surface area contributed by atoms with Crippen LogP contribution in [0.3, 0.4) is 0 Å². The Morgan fingerprint density at radius 1 is 1.30 bits per heavy atom. The van der Waals surface area contributed by atoms with Crippen molar-refractivity contribution < 1.29 is 9.90 Å². The van der Waals surface area contributed by atoms with E-state index in [1.54, 1.807) is 23.1 Å². The molecule has 20 heavy (non-hydrogen) atoms. The molecule has 6 heteroatoms. The molecule has 1 aromatic rings. The Labute approximate surface area is 129 Å². The highest BCUT2D eigenvalue weighted by molar-refractivity contribution is 6.35. The summed E-state index contributed by atoms with van der Waals surface area (Å²) in [5.74, 6) is 0. The minimum Gasteiger partial charge on any atom is -0.396 e. The van der Waals surface area contributed by atoms with Crippen LogP contribution in [-0.2, 0) is 0 Å². The Balaban J connectivity index is 2.70. The molecule has 0 fully saturated rings. The van der Waals surface area contributed by atoms with E-state index in [-0.39, 0.29) is 12.6 Å². The topological polar surface area (TPSA) is 52.6 Å². The summed E-state index contributed by atoms with van der Waals surface area (Å²) in [6.45, 7) is 3.30. The standard InChI is InChI=1S/C14H20Cl2N2O2/c1-2-3-7-18(8-4-9-19)14(20)17-13-10-11(15)5-6-12(13)16/h5-6,10,19H,2-4,7-9H2,1H3,(H,17,20). The molecule has 4 nitrogen and oxygen atoms in total. The smallest absolute Gasteiger partial charge is 0.321 e. The predicted octanol–water partition coefficient (Wildman–Crippen LogP) is 4.01. The number of carbonyl (C=O) groups excluding carboxylic acids is 1. The van der Waals surface area contributed by atoms with Gasteiger partial charge in [0.25, 0.3) is 0 Å². The lowest BCUT2D eigenvalue weighted by Crippen LogP contribution is -2.36. The van der Waals surface area contributed by atoms with Crippen molar-refractivity contribution >= 4 is 34.9 Å². The van der Waals surface area contributed by atoms with Gasteiger partial charge in [0.05, 0.1) is 10.7 Å². The van der Waals surface area contributed by atoms with Crippen molar-refractivity contribution in [1.29, 1.82) is 0 Å². The zero-order valence-electron chi connectivity index (χ0n) is 11.5. The van der Waals surface area contributed by atoms with Crippen molar-refractivity contribution in [3.05, 3.63) is 28.2 Å². The van der Waals surface area contributed by atoms with E-state index in [0.29, 0.717) is 35.2 Å². The van der Waals surface area contributed by atoms with Crippen molar-refractivity contribution in [2.45, 2.75) is 26.2 Å². The number of aliphatic hydroxyl groups excluding tert-OH is 1. The van der Waals surface area contributed by atoms with Gasteiger partial charge in [0, 0.05) is 24.7 Å². The van der Waals surface area contributed by atoms with E-state index < -0.39 is 0 Å². The van der Waals surface area contributed by atoms with Crippen LogP contribution in [0, 0.1) is 0 Å². The third-order valence-electron chi connectivity index (χ3n) is 2.82. The van der Waals surface area contributed by atoms with E-state index in [1.165, 1.54) is 0 Å². The number of benzene rings is 1. The molecule has 2 N–H and O–H groups in total. The molecule has 0 aliphatic heterocycles. The monoisotopic (exact) mass is 318 g/mol. The number of hydrogen-bond donors (Lipinski definition) is 2. The summed E-state index contributed by atoms with van der Waals surface area (Å²) in [5.41, 5.74) is 0.495. The Morgan fingerprint density at radius 3 is 2.65 bits per heavy atom. The lowest BCUT2D eigenvalue weighted by Gasteiger charge is -2.23. The molecular formula is C14H20Cl2N2O2. The van der Waals surface area contributed by atoms with Crippen LogP contribution < -0.4 is 5.32 Å². The number of nitrogens with zero attached hydrogens (tertiary/aromatic N) is 1. The van der Waals surface area contributed by atoms with Gasteiger partial charge in [-0.15, -0.1) is 0 Å². The highest BCUT2D eigenvalue weighted by Crippen LogP contribution is 2.25. The fourth-order valence-corrected chi connectivity index (χ4v) is 2.05. The predicted molar refractivity (Wildman–Crippen MR) is 83.7 cm³/mol. The van der Waals surface area contributed by atoms with Gasteiger partial charge < -0.3 is 15.3 Å². The molecule has 0 aliphatic carbocycles. The molecule has 0 spiro atoms. The Morgan fingerprint density at radius 2 is 2.00 bits per heavy atom. The van der Waals surface area contributed by atoms with Gasteiger partial charge in [-0.2, -0.15) is 0 Å². The number of unbranched alkanes of at least 4 members (excludes halogenated alkanes) is 1. The molecule has 112 valence electrons. The summed E-state index contributed by atoms with van der Waals surface area (Å²) >= 11 is 11.9. The van der Waals surface area contributed by atoms with Crippen molar-refractivity contribution in [3.8, 4) is 0 Å². The van der Waals surface area contributed by atoms with Crippen LogP contribution in [0.4, 0.5) is 10.5 Å². The second kappa shape index (κ2) is 9.06. The largest absolute Gasteiger partial charge is 0.396 e. The first-order chi connectivity index (χ1) is 9.58. The van der Waals surface area contributed by atoms with Crippen LogP contribution in [0.1, 0.15) is 26.2 Å². The van der Waals surface area contributed by atoms with E-state index in [1.807, 2.05) is 0 Å². The van der Waals surface area contributed by atoms with Gasteiger partial charge >= 0.3 is 6.03 Å². The molecule has 0 saturated heterocycles. The van der Waals surface area contributed by atoms with Crippen LogP contribution in [0.15, 0.2) is 18.2 Å². The van der Waals surface area contributed by atoms with Crippen LogP contribution in [0.5, 0.6) is 0 Å². The molecule has 0 heterocycles. The molecule has 0 bridgehead atoms. The summed E-state index contributed by atoms with van der Waals surface area (Å²) in [5, 5.41) is 12.6. The zero-order valence-corrected chi connectivity index (χ0v) is 13.0. The third kappa shape index (κ3) is 5.57. The number of rotatable bonds is 7. The highest BCUT2D eigenvalue weighted by atomic mass is 35.5.